The molecule has 8 heteroatoms. The molecule has 0 aliphatic carbocycles. The Morgan fingerprint density at radius 1 is 1.07 bits per heavy atom. The van der Waals surface area contributed by atoms with Gasteiger partial charge < -0.3 is 9.88 Å². The first-order chi connectivity index (χ1) is 14.0. The Bertz CT molecular complexity index is 1260. The van der Waals surface area contributed by atoms with Crippen LogP contribution in [-0.2, 0) is 14.1 Å². The highest BCUT2D eigenvalue weighted by Gasteiger charge is 2.24. The number of hydrogen-bond acceptors (Lipinski definition) is 4. The molecule has 0 saturated carbocycles. The van der Waals surface area contributed by atoms with Crippen LogP contribution in [0.4, 0.5) is 4.39 Å². The summed E-state index contributed by atoms with van der Waals surface area (Å²) in [6.07, 6.45) is 3.38. The molecule has 2 aromatic carbocycles. The fourth-order valence-corrected chi connectivity index (χ4v) is 3.27. The van der Waals surface area contributed by atoms with Crippen LogP contribution in [0.3, 0.4) is 0 Å². The van der Waals surface area contributed by atoms with Crippen molar-refractivity contribution in [2.45, 2.75) is 6.04 Å². The maximum Gasteiger partial charge on any atom is 0.274 e. The van der Waals surface area contributed by atoms with E-state index in [4.69, 9.17) is 0 Å². The number of benzene rings is 2. The van der Waals surface area contributed by atoms with Crippen LogP contribution in [0.2, 0.25) is 0 Å². The summed E-state index contributed by atoms with van der Waals surface area (Å²) >= 11 is 0. The van der Waals surface area contributed by atoms with Gasteiger partial charge in [0.15, 0.2) is 5.69 Å². The van der Waals surface area contributed by atoms with Crippen LogP contribution < -0.4 is 10.9 Å². The fourth-order valence-electron chi connectivity index (χ4n) is 3.27. The SMILES string of the molecule is Cn1ccnc1[C@H](NC(=O)c1nn(C)c(=O)c2ccccc12)c1ccc(F)cc1. The van der Waals surface area contributed by atoms with Crippen LogP contribution in [0.15, 0.2) is 65.7 Å². The van der Waals surface area contributed by atoms with Gasteiger partial charge in [0.1, 0.15) is 17.7 Å². The Hall–Kier alpha value is -3.81. The minimum Gasteiger partial charge on any atom is -0.337 e. The van der Waals surface area contributed by atoms with Crippen molar-refractivity contribution in [1.82, 2.24) is 24.6 Å². The first kappa shape index (κ1) is 18.5. The van der Waals surface area contributed by atoms with Gasteiger partial charge in [0.2, 0.25) is 0 Å². The Labute approximate surface area is 165 Å². The summed E-state index contributed by atoms with van der Waals surface area (Å²) in [5.74, 6) is -0.252. The largest absolute Gasteiger partial charge is 0.337 e. The van der Waals surface area contributed by atoms with Crippen LogP contribution in [0.1, 0.15) is 27.9 Å². The number of imidazole rings is 1. The summed E-state index contributed by atoms with van der Waals surface area (Å²) in [5, 5.41) is 7.97. The highest BCUT2D eigenvalue weighted by molar-refractivity contribution is 6.05. The van der Waals surface area contributed by atoms with Crippen molar-refractivity contribution in [3.8, 4) is 0 Å². The molecule has 29 heavy (non-hydrogen) atoms. The quantitative estimate of drug-likeness (QED) is 0.579. The van der Waals surface area contributed by atoms with Crippen LogP contribution in [-0.4, -0.2) is 25.2 Å². The van der Waals surface area contributed by atoms with E-state index in [2.05, 4.69) is 15.4 Å². The second-order valence-corrected chi connectivity index (χ2v) is 6.68. The minimum atomic E-state index is -0.624. The summed E-state index contributed by atoms with van der Waals surface area (Å²) < 4.78 is 16.3. The highest BCUT2D eigenvalue weighted by atomic mass is 19.1. The monoisotopic (exact) mass is 391 g/mol. The number of nitrogens with zero attached hydrogens (tertiary/aromatic N) is 4. The maximum atomic E-state index is 13.4. The molecule has 0 aliphatic rings. The van der Waals surface area contributed by atoms with E-state index in [1.807, 2.05) is 7.05 Å². The number of aromatic nitrogens is 4. The molecule has 0 aliphatic heterocycles. The summed E-state index contributed by atoms with van der Waals surface area (Å²) in [6, 6.07) is 12.1. The molecule has 2 heterocycles. The third-order valence-electron chi connectivity index (χ3n) is 4.77. The predicted molar refractivity (Wildman–Crippen MR) is 106 cm³/mol. The van der Waals surface area contributed by atoms with Crippen LogP contribution in [0.5, 0.6) is 0 Å². The van der Waals surface area contributed by atoms with Crippen molar-refractivity contribution in [3.63, 3.8) is 0 Å². The number of halogens is 1. The Kier molecular flexibility index (Phi) is 4.67. The van der Waals surface area contributed by atoms with Gasteiger partial charge in [0.25, 0.3) is 11.5 Å². The molecule has 0 spiro atoms. The summed E-state index contributed by atoms with van der Waals surface area (Å²) in [7, 11) is 3.31. The van der Waals surface area contributed by atoms with Gasteiger partial charge in [-0.05, 0) is 23.8 Å². The Balaban J connectivity index is 1.79. The van der Waals surface area contributed by atoms with Gasteiger partial charge in [-0.2, -0.15) is 5.10 Å². The number of carbonyl (C=O) groups is 1. The lowest BCUT2D eigenvalue weighted by Crippen LogP contribution is -2.34. The molecule has 1 atom stereocenters. The van der Waals surface area contributed by atoms with Gasteiger partial charge >= 0.3 is 0 Å². The Morgan fingerprint density at radius 3 is 2.41 bits per heavy atom. The van der Waals surface area contributed by atoms with E-state index < -0.39 is 11.9 Å². The van der Waals surface area contributed by atoms with E-state index in [0.29, 0.717) is 22.2 Å². The molecule has 4 rings (SSSR count). The number of nitrogens with one attached hydrogen (secondary N) is 1. The topological polar surface area (TPSA) is 81.8 Å². The molecule has 0 fully saturated rings. The van der Waals surface area contributed by atoms with Gasteiger partial charge in [-0.25, -0.2) is 14.1 Å². The molecule has 146 valence electrons. The van der Waals surface area contributed by atoms with E-state index in [0.717, 1.165) is 4.68 Å². The average Bonchev–Trinajstić information content (AvgIpc) is 3.15. The van der Waals surface area contributed by atoms with Gasteiger partial charge in [-0.1, -0.05) is 30.3 Å². The van der Waals surface area contributed by atoms with E-state index in [9.17, 15) is 14.0 Å². The summed E-state index contributed by atoms with van der Waals surface area (Å²) in [5.41, 5.74) is 0.517. The fraction of sp³-hybridized carbons (Fsp3) is 0.143. The number of amides is 1. The predicted octanol–water partition coefficient (Wildman–Crippen LogP) is 2.33. The van der Waals surface area contributed by atoms with Crippen LogP contribution in [0, 0.1) is 5.82 Å². The lowest BCUT2D eigenvalue weighted by atomic mass is 10.0. The van der Waals surface area contributed by atoms with E-state index in [1.54, 1.807) is 53.4 Å². The molecular weight excluding hydrogens is 373 g/mol. The zero-order chi connectivity index (χ0) is 20.5. The summed E-state index contributed by atoms with van der Waals surface area (Å²) in [4.78, 5) is 29.8. The van der Waals surface area contributed by atoms with Gasteiger partial charge in [-0.15, -0.1) is 0 Å². The van der Waals surface area contributed by atoms with Crippen molar-refractivity contribution in [2.24, 2.45) is 14.1 Å². The van der Waals surface area contributed by atoms with Crippen LogP contribution >= 0.6 is 0 Å². The Morgan fingerprint density at radius 2 is 1.76 bits per heavy atom. The zero-order valence-corrected chi connectivity index (χ0v) is 15.8. The van der Waals surface area contributed by atoms with Crippen molar-refractivity contribution in [3.05, 3.63) is 94.2 Å². The number of rotatable bonds is 4. The number of aryl methyl sites for hydroxylation is 2. The van der Waals surface area contributed by atoms with Crippen molar-refractivity contribution in [1.29, 1.82) is 0 Å². The molecule has 1 N–H and O–H groups in total. The highest BCUT2D eigenvalue weighted by Crippen LogP contribution is 2.22. The molecule has 0 bridgehead atoms. The molecular formula is C21H18FN5O2. The van der Waals surface area contributed by atoms with Gasteiger partial charge in [0, 0.05) is 31.9 Å². The number of carbonyl (C=O) groups excluding carboxylic acids is 1. The van der Waals surface area contributed by atoms with Crippen molar-refractivity contribution in [2.75, 3.05) is 0 Å². The number of hydrogen-bond donors (Lipinski definition) is 1. The first-order valence-electron chi connectivity index (χ1n) is 8.95. The molecule has 4 aromatic rings. The second-order valence-electron chi connectivity index (χ2n) is 6.68. The molecule has 0 radical (unpaired) electrons. The van der Waals surface area contributed by atoms with Crippen LogP contribution in [0.25, 0.3) is 10.8 Å². The van der Waals surface area contributed by atoms with Gasteiger partial charge in [0.05, 0.1) is 5.39 Å². The molecule has 0 saturated heterocycles. The van der Waals surface area contributed by atoms with E-state index >= 15 is 0 Å². The summed E-state index contributed by atoms with van der Waals surface area (Å²) in [6.45, 7) is 0. The van der Waals surface area contributed by atoms with E-state index in [-0.39, 0.29) is 17.1 Å². The molecule has 7 nitrogen and oxygen atoms in total. The standard InChI is InChI=1S/C21H18FN5O2/c1-26-12-11-23-19(26)17(13-7-9-14(22)10-8-13)24-20(28)18-15-5-3-4-6-16(15)21(29)27(2)25-18/h3-12,17H,1-2H3,(H,24,28)/t17-/m1/s1. The van der Waals surface area contributed by atoms with Gasteiger partial charge in [-0.3, -0.25) is 9.59 Å². The smallest absolute Gasteiger partial charge is 0.274 e. The first-order valence-corrected chi connectivity index (χ1v) is 8.95. The molecule has 2 aromatic heterocycles. The maximum absolute atomic E-state index is 13.4. The molecule has 1 amide bonds. The third kappa shape index (κ3) is 3.40. The molecule has 0 unspecified atom stereocenters. The van der Waals surface area contributed by atoms with Crippen molar-refractivity contribution >= 4 is 16.7 Å². The zero-order valence-electron chi connectivity index (χ0n) is 15.8. The third-order valence-corrected chi connectivity index (χ3v) is 4.77. The minimum absolute atomic E-state index is 0.129. The second kappa shape index (κ2) is 7.31. The van der Waals surface area contributed by atoms with Crippen molar-refractivity contribution < 1.29 is 9.18 Å². The number of fused-ring (bicyclic) bond motifs is 1. The van der Waals surface area contributed by atoms with E-state index in [1.165, 1.54) is 19.2 Å². The lowest BCUT2D eigenvalue weighted by molar-refractivity contribution is 0.0936. The normalized spacial score (nSPS) is 12.1. The average molecular weight is 391 g/mol. The lowest BCUT2D eigenvalue weighted by Gasteiger charge is -2.19.